The van der Waals surface area contributed by atoms with Crippen LogP contribution >= 0.6 is 0 Å². The third-order valence-electron chi connectivity index (χ3n) is 5.25. The van der Waals surface area contributed by atoms with Gasteiger partial charge in [0.2, 0.25) is 0 Å². The Morgan fingerprint density at radius 1 is 1.18 bits per heavy atom. The number of likely N-dealkylation sites (N-methyl/N-ethyl adjacent to an activating group) is 1. The minimum atomic E-state index is -0.329. The van der Waals surface area contributed by atoms with Gasteiger partial charge in [0.05, 0.1) is 38.4 Å². The zero-order valence-corrected chi connectivity index (χ0v) is 16.1. The topological polar surface area (TPSA) is 55.7 Å². The summed E-state index contributed by atoms with van der Waals surface area (Å²) in [7, 11) is 0. The number of halogens is 1. The molecule has 0 unspecified atom stereocenters. The number of nitrogens with one attached hydrogen (secondary N) is 1. The van der Waals surface area contributed by atoms with E-state index in [0.717, 1.165) is 25.4 Å². The van der Waals surface area contributed by atoms with Crippen molar-refractivity contribution in [2.75, 3.05) is 32.7 Å². The van der Waals surface area contributed by atoms with Crippen LogP contribution in [0.25, 0.3) is 17.1 Å². The van der Waals surface area contributed by atoms with Gasteiger partial charge in [-0.2, -0.15) is 5.10 Å². The van der Waals surface area contributed by atoms with Crippen molar-refractivity contribution >= 4 is 5.91 Å². The summed E-state index contributed by atoms with van der Waals surface area (Å²) in [6.07, 6.45) is 0. The van der Waals surface area contributed by atoms with Crippen LogP contribution in [0.3, 0.4) is 0 Å². The van der Waals surface area contributed by atoms with Gasteiger partial charge in [-0.3, -0.25) is 4.79 Å². The highest BCUT2D eigenvalue weighted by Crippen LogP contribution is 2.24. The maximum atomic E-state index is 13.4. The maximum Gasteiger partial charge on any atom is 0.273 e. The minimum absolute atomic E-state index is 0.0680. The Morgan fingerprint density at radius 2 is 1.89 bits per heavy atom. The van der Waals surface area contributed by atoms with Gasteiger partial charge in [-0.05, 0) is 50.2 Å². The molecule has 1 aliphatic rings. The highest BCUT2D eigenvalue weighted by Gasteiger charge is 2.27. The van der Waals surface area contributed by atoms with Gasteiger partial charge in [0.15, 0.2) is 5.76 Å². The lowest BCUT2D eigenvalue weighted by Gasteiger charge is -2.31. The van der Waals surface area contributed by atoms with E-state index in [0.29, 0.717) is 35.9 Å². The number of hydrogen-bond donors (Lipinski definition) is 1. The fraction of sp³-hybridized carbons (Fsp3) is 0.333. The van der Waals surface area contributed by atoms with E-state index in [1.165, 1.54) is 17.0 Å². The van der Waals surface area contributed by atoms with Crippen molar-refractivity contribution in [3.63, 3.8) is 0 Å². The lowest BCUT2D eigenvalue weighted by Crippen LogP contribution is -3.14. The summed E-state index contributed by atoms with van der Waals surface area (Å²) in [4.78, 5) is 16.6. The van der Waals surface area contributed by atoms with Crippen molar-refractivity contribution in [1.82, 2.24) is 14.7 Å². The largest absolute Gasteiger partial charge is 0.460 e. The number of furan rings is 1. The summed E-state index contributed by atoms with van der Waals surface area (Å²) in [5.41, 5.74) is 1.67. The van der Waals surface area contributed by atoms with Crippen molar-refractivity contribution in [2.45, 2.75) is 13.8 Å². The predicted molar refractivity (Wildman–Crippen MR) is 103 cm³/mol. The van der Waals surface area contributed by atoms with E-state index in [4.69, 9.17) is 4.42 Å². The molecule has 2 aromatic heterocycles. The molecule has 0 atom stereocenters. The van der Waals surface area contributed by atoms with Gasteiger partial charge in [-0.1, -0.05) is 0 Å². The molecule has 3 aromatic rings. The number of benzene rings is 1. The second-order valence-electron chi connectivity index (χ2n) is 7.11. The van der Waals surface area contributed by atoms with Crippen LogP contribution in [0.1, 0.15) is 23.2 Å². The Balaban J connectivity index is 1.71. The van der Waals surface area contributed by atoms with Crippen molar-refractivity contribution in [1.29, 1.82) is 0 Å². The minimum Gasteiger partial charge on any atom is -0.460 e. The van der Waals surface area contributed by atoms with E-state index in [2.05, 4.69) is 12.0 Å². The lowest BCUT2D eigenvalue weighted by molar-refractivity contribution is -0.902. The Morgan fingerprint density at radius 3 is 2.50 bits per heavy atom. The van der Waals surface area contributed by atoms with Crippen LogP contribution in [0.15, 0.2) is 46.9 Å². The summed E-state index contributed by atoms with van der Waals surface area (Å²) in [5.74, 6) is 0.983. The Hall–Kier alpha value is -2.93. The Kier molecular flexibility index (Phi) is 5.00. The smallest absolute Gasteiger partial charge is 0.273 e. The van der Waals surface area contributed by atoms with E-state index in [9.17, 15) is 9.18 Å². The van der Waals surface area contributed by atoms with Crippen molar-refractivity contribution in [2.24, 2.45) is 0 Å². The number of nitrogens with zero attached hydrogens (tertiary/aromatic N) is 3. The SMILES string of the molecule is CC[NH+]1CCN(C(=O)c2cc(-c3ccc(C)o3)nn2-c2ccc(F)cc2)CC1. The predicted octanol–water partition coefficient (Wildman–Crippen LogP) is 1.94. The first-order chi connectivity index (χ1) is 13.5. The normalized spacial score (nSPS) is 15.2. The molecule has 28 heavy (non-hydrogen) atoms. The number of carbonyl (C=O) groups excluding carboxylic acids is 1. The quantitative estimate of drug-likeness (QED) is 0.749. The number of rotatable bonds is 4. The van der Waals surface area contributed by atoms with Crippen molar-refractivity contribution in [3.05, 3.63) is 59.7 Å². The number of carbonyl (C=O) groups is 1. The monoisotopic (exact) mass is 383 g/mol. The van der Waals surface area contributed by atoms with Crippen LogP contribution in [0, 0.1) is 12.7 Å². The van der Waals surface area contributed by atoms with Gasteiger partial charge < -0.3 is 14.2 Å². The number of aromatic nitrogens is 2. The molecule has 0 saturated carbocycles. The van der Waals surface area contributed by atoms with E-state index < -0.39 is 0 Å². The average molecular weight is 383 g/mol. The molecule has 0 bridgehead atoms. The lowest BCUT2D eigenvalue weighted by atomic mass is 10.2. The first-order valence-electron chi connectivity index (χ1n) is 9.61. The number of quaternary nitrogens is 1. The molecule has 4 rings (SSSR count). The fourth-order valence-electron chi connectivity index (χ4n) is 3.55. The Bertz CT molecular complexity index is 969. The van der Waals surface area contributed by atoms with Crippen LogP contribution in [-0.2, 0) is 0 Å². The molecule has 0 aliphatic carbocycles. The van der Waals surface area contributed by atoms with E-state index in [1.54, 1.807) is 22.9 Å². The van der Waals surface area contributed by atoms with Gasteiger partial charge in [0, 0.05) is 6.07 Å². The fourth-order valence-corrected chi connectivity index (χ4v) is 3.55. The number of piperazine rings is 1. The molecule has 1 aromatic carbocycles. The zero-order valence-electron chi connectivity index (χ0n) is 16.1. The van der Waals surface area contributed by atoms with E-state index in [1.807, 2.05) is 24.0 Å². The van der Waals surface area contributed by atoms with E-state index >= 15 is 0 Å². The van der Waals surface area contributed by atoms with Crippen LogP contribution in [0.2, 0.25) is 0 Å². The summed E-state index contributed by atoms with van der Waals surface area (Å²) in [5, 5.41) is 4.59. The van der Waals surface area contributed by atoms with Gasteiger partial charge in [0.25, 0.3) is 5.91 Å². The highest BCUT2D eigenvalue weighted by atomic mass is 19.1. The zero-order chi connectivity index (χ0) is 19.7. The molecule has 1 amide bonds. The third-order valence-corrected chi connectivity index (χ3v) is 5.25. The second-order valence-corrected chi connectivity index (χ2v) is 7.11. The molecule has 3 heterocycles. The van der Waals surface area contributed by atoms with Gasteiger partial charge in [0.1, 0.15) is 23.0 Å². The summed E-state index contributed by atoms with van der Waals surface area (Å²) >= 11 is 0. The van der Waals surface area contributed by atoms with Crippen LogP contribution in [0.4, 0.5) is 4.39 Å². The second kappa shape index (κ2) is 7.59. The molecule has 6 nitrogen and oxygen atoms in total. The maximum absolute atomic E-state index is 13.4. The van der Waals surface area contributed by atoms with Gasteiger partial charge in [-0.25, -0.2) is 9.07 Å². The van der Waals surface area contributed by atoms with Crippen LogP contribution in [0.5, 0.6) is 0 Å². The van der Waals surface area contributed by atoms with E-state index in [-0.39, 0.29) is 11.7 Å². The van der Waals surface area contributed by atoms with Crippen molar-refractivity contribution in [3.8, 4) is 17.1 Å². The molecule has 0 radical (unpaired) electrons. The summed E-state index contributed by atoms with van der Waals surface area (Å²) < 4.78 is 20.6. The molecule has 0 spiro atoms. The molecule has 1 aliphatic heterocycles. The first kappa shape index (κ1) is 18.4. The van der Waals surface area contributed by atoms with Gasteiger partial charge in [-0.15, -0.1) is 0 Å². The number of aryl methyl sites for hydroxylation is 1. The molecule has 146 valence electrons. The standard InChI is InChI=1S/C21H23FN4O2/c1-3-24-10-12-25(13-11-24)21(27)19-14-18(20-9-4-15(2)28-20)23-26(19)17-7-5-16(22)6-8-17/h4-9,14H,3,10-13H2,1-2H3/p+1. The first-order valence-corrected chi connectivity index (χ1v) is 9.61. The molecule has 1 fully saturated rings. The van der Waals surface area contributed by atoms with Crippen molar-refractivity contribution < 1.29 is 18.5 Å². The average Bonchev–Trinajstić information content (AvgIpc) is 3.34. The molecule has 7 heteroatoms. The number of amides is 1. The molecular weight excluding hydrogens is 359 g/mol. The van der Waals surface area contributed by atoms with Crippen LogP contribution < -0.4 is 4.90 Å². The molecule has 1 N–H and O–H groups in total. The van der Waals surface area contributed by atoms with Gasteiger partial charge >= 0.3 is 0 Å². The summed E-state index contributed by atoms with van der Waals surface area (Å²) in [6, 6.07) is 11.4. The molecule has 1 saturated heterocycles. The summed E-state index contributed by atoms with van der Waals surface area (Å²) in [6.45, 7) is 8.40. The highest BCUT2D eigenvalue weighted by molar-refractivity contribution is 5.94. The number of hydrogen-bond acceptors (Lipinski definition) is 3. The molecular formula is C21H24FN4O2+. The van der Waals surface area contributed by atoms with Crippen LogP contribution in [-0.4, -0.2) is 53.3 Å². The Labute approximate surface area is 163 Å². The third kappa shape index (κ3) is 3.57.